The number of hydrogen-bond donors (Lipinski definition) is 0. The van der Waals surface area contributed by atoms with Gasteiger partial charge in [-0.15, -0.1) is 0 Å². The van der Waals surface area contributed by atoms with E-state index in [1.807, 2.05) is 55.6 Å². The van der Waals surface area contributed by atoms with Crippen molar-refractivity contribution in [3.05, 3.63) is 71.8 Å². The van der Waals surface area contributed by atoms with Gasteiger partial charge in [0.25, 0.3) is 5.91 Å². The molecule has 19 heavy (non-hydrogen) atoms. The molecule has 0 radical (unpaired) electrons. The molecule has 1 amide bonds. The Balaban J connectivity index is 2.22. The number of carbonyl (C=O) groups is 1. The predicted octanol–water partition coefficient (Wildman–Crippen LogP) is 3.53. The van der Waals surface area contributed by atoms with Crippen LogP contribution in [0.25, 0.3) is 5.57 Å². The molecule has 0 aromatic heterocycles. The van der Waals surface area contributed by atoms with Gasteiger partial charge in [-0.05, 0) is 29.7 Å². The fourth-order valence-corrected chi connectivity index (χ4v) is 2.56. The molecule has 3 rings (SSSR count). The largest absolute Gasteiger partial charge is 0.311 e. The Kier molecular flexibility index (Phi) is 2.71. The van der Waals surface area contributed by atoms with Crippen molar-refractivity contribution >= 4 is 17.2 Å². The average molecular weight is 249 g/mol. The van der Waals surface area contributed by atoms with E-state index in [2.05, 4.69) is 6.58 Å². The summed E-state index contributed by atoms with van der Waals surface area (Å²) < 4.78 is 0. The summed E-state index contributed by atoms with van der Waals surface area (Å²) in [6.07, 6.45) is 0.715. The first-order valence-electron chi connectivity index (χ1n) is 6.31. The average Bonchev–Trinajstić information content (AvgIpc) is 2.45. The molecule has 0 N–H and O–H groups in total. The van der Waals surface area contributed by atoms with Crippen LogP contribution in [0, 0.1) is 0 Å². The highest BCUT2D eigenvalue weighted by molar-refractivity contribution is 6.09. The van der Waals surface area contributed by atoms with Crippen LogP contribution < -0.4 is 4.90 Å². The fourth-order valence-electron chi connectivity index (χ4n) is 2.56. The molecular formula is C17H15NO. The van der Waals surface area contributed by atoms with Crippen LogP contribution in [-0.4, -0.2) is 13.0 Å². The quantitative estimate of drug-likeness (QED) is 0.699. The van der Waals surface area contributed by atoms with Crippen molar-refractivity contribution in [1.29, 1.82) is 0 Å². The number of para-hydroxylation sites is 1. The summed E-state index contributed by atoms with van der Waals surface area (Å²) in [7, 11) is 1.82. The molecule has 2 heteroatoms. The van der Waals surface area contributed by atoms with Gasteiger partial charge in [0, 0.05) is 18.2 Å². The number of carbonyl (C=O) groups excluding carboxylic acids is 1. The number of nitrogens with zero attached hydrogens (tertiary/aromatic N) is 1. The van der Waals surface area contributed by atoms with Crippen LogP contribution in [-0.2, 0) is 6.42 Å². The smallest absolute Gasteiger partial charge is 0.258 e. The van der Waals surface area contributed by atoms with Gasteiger partial charge in [-0.1, -0.05) is 43.0 Å². The summed E-state index contributed by atoms with van der Waals surface area (Å²) in [5, 5.41) is 0. The normalized spacial score (nSPS) is 14.5. The van der Waals surface area contributed by atoms with E-state index in [0.717, 1.165) is 28.0 Å². The van der Waals surface area contributed by atoms with E-state index in [0.29, 0.717) is 6.42 Å². The van der Waals surface area contributed by atoms with Gasteiger partial charge in [-0.25, -0.2) is 0 Å². The van der Waals surface area contributed by atoms with Gasteiger partial charge in [0.15, 0.2) is 0 Å². The highest BCUT2D eigenvalue weighted by atomic mass is 16.2. The topological polar surface area (TPSA) is 20.3 Å². The fraction of sp³-hybridized carbons (Fsp3) is 0.118. The molecule has 0 unspecified atom stereocenters. The molecular weight excluding hydrogens is 234 g/mol. The molecule has 1 aliphatic heterocycles. The summed E-state index contributed by atoms with van der Waals surface area (Å²) >= 11 is 0. The van der Waals surface area contributed by atoms with E-state index < -0.39 is 0 Å². The minimum Gasteiger partial charge on any atom is -0.311 e. The van der Waals surface area contributed by atoms with Crippen molar-refractivity contribution in [2.45, 2.75) is 6.42 Å². The maximum atomic E-state index is 12.6. The van der Waals surface area contributed by atoms with Crippen molar-refractivity contribution in [2.24, 2.45) is 0 Å². The first-order chi connectivity index (χ1) is 9.18. The Morgan fingerprint density at radius 3 is 2.42 bits per heavy atom. The Morgan fingerprint density at radius 2 is 1.63 bits per heavy atom. The van der Waals surface area contributed by atoms with Gasteiger partial charge in [0.05, 0.1) is 5.69 Å². The molecule has 2 aromatic carbocycles. The third-order valence-electron chi connectivity index (χ3n) is 3.60. The minimum absolute atomic E-state index is 0.0375. The minimum atomic E-state index is 0.0375. The van der Waals surface area contributed by atoms with Crippen molar-refractivity contribution in [3.63, 3.8) is 0 Å². The SMILES string of the molecule is C=C1Cc2ccccc2C(=O)N(C)c2ccccc21. The molecule has 0 atom stereocenters. The van der Waals surface area contributed by atoms with Crippen molar-refractivity contribution < 1.29 is 4.79 Å². The Morgan fingerprint density at radius 1 is 1.00 bits per heavy atom. The van der Waals surface area contributed by atoms with Gasteiger partial charge in [-0.2, -0.15) is 0 Å². The second kappa shape index (κ2) is 4.39. The van der Waals surface area contributed by atoms with Crippen LogP contribution in [0.2, 0.25) is 0 Å². The van der Waals surface area contributed by atoms with Crippen molar-refractivity contribution in [3.8, 4) is 0 Å². The number of rotatable bonds is 0. The number of amides is 1. The highest BCUT2D eigenvalue weighted by Crippen LogP contribution is 2.32. The van der Waals surface area contributed by atoms with E-state index in [1.165, 1.54) is 0 Å². The number of benzene rings is 2. The Bertz CT molecular complexity index is 672. The lowest BCUT2D eigenvalue weighted by molar-refractivity contribution is 0.0992. The van der Waals surface area contributed by atoms with E-state index in [9.17, 15) is 4.79 Å². The van der Waals surface area contributed by atoms with Gasteiger partial charge in [0.1, 0.15) is 0 Å². The van der Waals surface area contributed by atoms with Crippen LogP contribution in [0.1, 0.15) is 21.5 Å². The van der Waals surface area contributed by atoms with Crippen LogP contribution in [0.5, 0.6) is 0 Å². The number of fused-ring (bicyclic) bond motifs is 2. The third-order valence-corrected chi connectivity index (χ3v) is 3.60. The summed E-state index contributed by atoms with van der Waals surface area (Å²) in [6.45, 7) is 4.18. The molecule has 1 heterocycles. The lowest BCUT2D eigenvalue weighted by Gasteiger charge is -2.26. The van der Waals surface area contributed by atoms with Crippen molar-refractivity contribution in [2.75, 3.05) is 11.9 Å². The van der Waals surface area contributed by atoms with Crippen LogP contribution in [0.15, 0.2) is 55.1 Å². The van der Waals surface area contributed by atoms with Crippen LogP contribution >= 0.6 is 0 Å². The van der Waals surface area contributed by atoms with Crippen LogP contribution in [0.4, 0.5) is 5.69 Å². The molecule has 0 spiro atoms. The van der Waals surface area contributed by atoms with E-state index >= 15 is 0 Å². The second-order valence-corrected chi connectivity index (χ2v) is 4.82. The molecule has 94 valence electrons. The predicted molar refractivity (Wildman–Crippen MR) is 78.4 cm³/mol. The molecule has 0 saturated heterocycles. The monoisotopic (exact) mass is 249 g/mol. The summed E-state index contributed by atoms with van der Waals surface area (Å²) in [4.78, 5) is 14.3. The van der Waals surface area contributed by atoms with Gasteiger partial charge >= 0.3 is 0 Å². The van der Waals surface area contributed by atoms with E-state index in [1.54, 1.807) is 4.90 Å². The number of hydrogen-bond acceptors (Lipinski definition) is 1. The van der Waals surface area contributed by atoms with E-state index in [-0.39, 0.29) is 5.91 Å². The first kappa shape index (κ1) is 11.7. The Hall–Kier alpha value is -2.35. The number of allylic oxidation sites excluding steroid dienone is 1. The summed E-state index contributed by atoms with van der Waals surface area (Å²) in [6, 6.07) is 15.7. The summed E-state index contributed by atoms with van der Waals surface area (Å²) in [5.74, 6) is 0.0375. The molecule has 2 nitrogen and oxygen atoms in total. The summed E-state index contributed by atoms with van der Waals surface area (Å²) in [5.41, 5.74) is 4.82. The maximum Gasteiger partial charge on any atom is 0.258 e. The first-order valence-corrected chi connectivity index (χ1v) is 6.31. The molecule has 0 fully saturated rings. The lowest BCUT2D eigenvalue weighted by Crippen LogP contribution is -2.29. The van der Waals surface area contributed by atoms with Gasteiger partial charge < -0.3 is 4.90 Å². The highest BCUT2D eigenvalue weighted by Gasteiger charge is 2.22. The zero-order valence-electron chi connectivity index (χ0n) is 10.9. The molecule has 2 aromatic rings. The Labute approximate surface area is 113 Å². The maximum absolute atomic E-state index is 12.6. The molecule has 0 bridgehead atoms. The lowest BCUT2D eigenvalue weighted by atomic mass is 9.92. The standard InChI is InChI=1S/C17H15NO/c1-12-11-13-7-3-4-9-15(13)17(19)18(2)16-10-6-5-8-14(12)16/h3-10H,1,11H2,2H3. The number of anilines is 1. The zero-order chi connectivity index (χ0) is 13.4. The molecule has 0 saturated carbocycles. The molecule has 0 aliphatic carbocycles. The van der Waals surface area contributed by atoms with Gasteiger partial charge in [0.2, 0.25) is 0 Å². The van der Waals surface area contributed by atoms with Gasteiger partial charge in [-0.3, -0.25) is 4.79 Å². The molecule has 1 aliphatic rings. The zero-order valence-corrected chi connectivity index (χ0v) is 10.9. The second-order valence-electron chi connectivity index (χ2n) is 4.82. The third kappa shape index (κ3) is 1.85. The van der Waals surface area contributed by atoms with Crippen molar-refractivity contribution in [1.82, 2.24) is 0 Å². The van der Waals surface area contributed by atoms with Crippen LogP contribution in [0.3, 0.4) is 0 Å². The van der Waals surface area contributed by atoms with E-state index in [4.69, 9.17) is 0 Å².